The number of methoxy groups -OCH3 is 1. The molecule has 3 N–H and O–H groups in total. The average molecular weight is 598 g/mol. The first-order valence-corrected chi connectivity index (χ1v) is 14.8. The van der Waals surface area contributed by atoms with E-state index in [1.165, 1.54) is 25.6 Å². The van der Waals surface area contributed by atoms with Crippen LogP contribution < -0.4 is 10.5 Å². The van der Waals surface area contributed by atoms with Crippen LogP contribution in [0.15, 0.2) is 43.0 Å². The lowest BCUT2D eigenvalue weighted by molar-refractivity contribution is 0.0557. The summed E-state index contributed by atoms with van der Waals surface area (Å²) in [5.74, 6) is -0.997. The van der Waals surface area contributed by atoms with Crippen LogP contribution in [0.3, 0.4) is 0 Å². The zero-order valence-electron chi connectivity index (χ0n) is 23.9. The zero-order chi connectivity index (χ0) is 30.1. The van der Waals surface area contributed by atoms with Crippen molar-refractivity contribution in [3.8, 4) is 28.1 Å². The number of amides is 1. The summed E-state index contributed by atoms with van der Waals surface area (Å²) < 4.78 is 35.6. The number of nitrogens with one attached hydrogen (secondary N) is 1. The summed E-state index contributed by atoms with van der Waals surface area (Å²) in [5.41, 5.74) is 11.3. The number of piperidine rings is 1. The quantitative estimate of drug-likeness (QED) is 0.283. The molecule has 224 valence electrons. The molecule has 44 heavy (non-hydrogen) atoms. The van der Waals surface area contributed by atoms with E-state index in [-0.39, 0.29) is 46.7 Å². The summed E-state index contributed by atoms with van der Waals surface area (Å²) in [5, 5.41) is 11.2. The number of nitrogens with two attached hydrogens (primary N) is 1. The van der Waals surface area contributed by atoms with Gasteiger partial charge < -0.3 is 15.4 Å². The molecule has 1 saturated carbocycles. The van der Waals surface area contributed by atoms with Gasteiger partial charge in [0, 0.05) is 46.5 Å². The minimum atomic E-state index is -1.06. The van der Waals surface area contributed by atoms with Crippen LogP contribution in [0.4, 0.5) is 14.6 Å². The van der Waals surface area contributed by atoms with E-state index in [0.29, 0.717) is 17.4 Å². The highest BCUT2D eigenvalue weighted by Gasteiger charge is 2.46. The lowest BCUT2D eigenvalue weighted by atomic mass is 9.85. The number of hydrogen-bond donors (Lipinski definition) is 2. The first kappa shape index (κ1) is 26.7. The molecule has 2 bridgehead atoms. The third-order valence-electron chi connectivity index (χ3n) is 9.32. The standard InChI is InChI=1S/C31H29F2N9O2/c1-44-23-9-7-20(25(32)26(23)33)22-8-4-16(12-35-22)21-13-38-42-28(34)24(15-2-3-15)27(39-30(21)42)17-10-18-5-6-19(11-17)41(18)31(43)29-36-14-37-40-29/h4,7-9,12-15,17-19H,2-3,5-6,10-11,34H2,1H3,(H,36,37,40). The van der Waals surface area contributed by atoms with Gasteiger partial charge >= 0.3 is 0 Å². The molecule has 8 rings (SSSR count). The molecule has 1 aliphatic carbocycles. The number of benzene rings is 1. The van der Waals surface area contributed by atoms with Gasteiger partial charge in [0.25, 0.3) is 5.91 Å². The van der Waals surface area contributed by atoms with E-state index in [1.54, 1.807) is 29.0 Å². The van der Waals surface area contributed by atoms with Gasteiger partial charge in [0.15, 0.2) is 17.2 Å². The molecule has 2 unspecified atom stereocenters. The largest absolute Gasteiger partial charge is 0.494 e. The maximum Gasteiger partial charge on any atom is 0.291 e. The number of pyridine rings is 1. The second-order valence-corrected chi connectivity index (χ2v) is 11.8. The van der Waals surface area contributed by atoms with Crippen molar-refractivity contribution < 1.29 is 18.3 Å². The Kier molecular flexibility index (Phi) is 6.10. The van der Waals surface area contributed by atoms with Crippen LogP contribution in [0.25, 0.3) is 28.0 Å². The van der Waals surface area contributed by atoms with Gasteiger partial charge in [-0.2, -0.15) is 19.1 Å². The first-order valence-electron chi connectivity index (χ1n) is 14.8. The van der Waals surface area contributed by atoms with E-state index in [4.69, 9.17) is 15.5 Å². The lowest BCUT2D eigenvalue weighted by Gasteiger charge is -2.39. The number of rotatable bonds is 6. The molecule has 3 fully saturated rings. The Morgan fingerprint density at radius 3 is 2.43 bits per heavy atom. The Morgan fingerprint density at radius 1 is 0.977 bits per heavy atom. The van der Waals surface area contributed by atoms with Gasteiger partial charge in [-0.15, -0.1) is 0 Å². The second kappa shape index (κ2) is 10.1. The van der Waals surface area contributed by atoms with E-state index in [0.717, 1.165) is 60.9 Å². The Balaban J connectivity index is 1.15. The highest BCUT2D eigenvalue weighted by molar-refractivity contribution is 5.91. The number of anilines is 1. The number of carbonyl (C=O) groups excluding carboxylic acids is 1. The van der Waals surface area contributed by atoms with Gasteiger partial charge in [0.05, 0.1) is 24.7 Å². The summed E-state index contributed by atoms with van der Waals surface area (Å²) in [6.07, 6.45) is 10.3. The molecule has 2 atom stereocenters. The predicted octanol–water partition coefficient (Wildman–Crippen LogP) is 4.87. The van der Waals surface area contributed by atoms with Crippen molar-refractivity contribution >= 4 is 17.4 Å². The average Bonchev–Trinajstić information content (AvgIpc) is 3.42. The molecule has 5 aromatic rings. The van der Waals surface area contributed by atoms with E-state index in [9.17, 15) is 13.6 Å². The highest BCUT2D eigenvalue weighted by atomic mass is 19.2. The molecule has 1 amide bonds. The summed E-state index contributed by atoms with van der Waals surface area (Å²) >= 11 is 0. The van der Waals surface area contributed by atoms with E-state index >= 15 is 0 Å². The molecular weight excluding hydrogens is 568 g/mol. The Bertz CT molecular complexity index is 1890. The van der Waals surface area contributed by atoms with Gasteiger partial charge in [-0.1, -0.05) is 6.07 Å². The van der Waals surface area contributed by atoms with Crippen molar-refractivity contribution in [2.75, 3.05) is 12.8 Å². The summed E-state index contributed by atoms with van der Waals surface area (Å²) in [4.78, 5) is 29.0. The normalized spacial score (nSPS) is 21.2. The van der Waals surface area contributed by atoms with Gasteiger partial charge in [-0.3, -0.25) is 14.9 Å². The van der Waals surface area contributed by atoms with Gasteiger partial charge in [0.2, 0.25) is 11.6 Å². The molecular formula is C31H29F2N9O2. The molecule has 6 heterocycles. The smallest absolute Gasteiger partial charge is 0.291 e. The number of nitrogens with zero attached hydrogens (tertiary/aromatic N) is 7. The van der Waals surface area contributed by atoms with Crippen LogP contribution in [0.5, 0.6) is 5.75 Å². The van der Waals surface area contributed by atoms with Crippen LogP contribution in [-0.2, 0) is 0 Å². The Hall–Kier alpha value is -4.94. The van der Waals surface area contributed by atoms with Gasteiger partial charge in [0.1, 0.15) is 12.1 Å². The SMILES string of the molecule is COc1ccc(-c2ccc(-c3cnn4c(N)c(C5CC5)c(C5CC6CCC(C5)N6C(=O)c5ncn[nH]5)nc34)cn2)c(F)c1F. The predicted molar refractivity (Wildman–Crippen MR) is 156 cm³/mol. The van der Waals surface area contributed by atoms with Crippen LogP contribution >= 0.6 is 0 Å². The molecule has 13 heteroatoms. The number of fused-ring (bicyclic) bond motifs is 3. The second-order valence-electron chi connectivity index (χ2n) is 11.8. The molecule has 0 spiro atoms. The molecule has 1 aromatic carbocycles. The number of hydrogen-bond acceptors (Lipinski definition) is 8. The van der Waals surface area contributed by atoms with Crippen molar-refractivity contribution in [1.29, 1.82) is 0 Å². The zero-order valence-corrected chi connectivity index (χ0v) is 23.9. The van der Waals surface area contributed by atoms with Gasteiger partial charge in [-0.05, 0) is 62.6 Å². The third kappa shape index (κ3) is 4.13. The third-order valence-corrected chi connectivity index (χ3v) is 9.32. The topological polar surface area (TPSA) is 140 Å². The summed E-state index contributed by atoms with van der Waals surface area (Å²) in [6, 6.07) is 6.44. The molecule has 2 aliphatic heterocycles. The first-order chi connectivity index (χ1) is 21.4. The van der Waals surface area contributed by atoms with Crippen molar-refractivity contribution in [1.82, 2.24) is 39.7 Å². The van der Waals surface area contributed by atoms with Crippen LogP contribution in [0, 0.1) is 11.6 Å². The van der Waals surface area contributed by atoms with Gasteiger partial charge in [-0.25, -0.2) is 14.4 Å². The van der Waals surface area contributed by atoms with Crippen LogP contribution in [0.2, 0.25) is 0 Å². The Labute approximate surface area is 250 Å². The molecule has 11 nitrogen and oxygen atoms in total. The minimum absolute atomic E-state index is 0.0382. The maximum absolute atomic E-state index is 14.7. The maximum atomic E-state index is 14.7. The van der Waals surface area contributed by atoms with Crippen LogP contribution in [0.1, 0.15) is 72.2 Å². The number of H-pyrrole nitrogens is 1. The number of nitrogen functional groups attached to an aromatic ring is 1. The Morgan fingerprint density at radius 2 is 1.77 bits per heavy atom. The minimum Gasteiger partial charge on any atom is -0.494 e. The van der Waals surface area contributed by atoms with E-state index in [1.807, 2.05) is 4.90 Å². The number of ether oxygens (including phenoxy) is 1. The molecule has 2 saturated heterocycles. The van der Waals surface area contributed by atoms with Crippen LogP contribution in [-0.4, -0.2) is 64.8 Å². The molecule has 0 radical (unpaired) electrons. The fraction of sp³-hybridized carbons (Fsp3) is 0.355. The fourth-order valence-corrected chi connectivity index (χ4v) is 7.11. The molecule has 3 aliphatic rings. The summed E-state index contributed by atoms with van der Waals surface area (Å²) in [7, 11) is 1.29. The summed E-state index contributed by atoms with van der Waals surface area (Å²) in [6.45, 7) is 0. The molecule has 4 aromatic heterocycles. The van der Waals surface area contributed by atoms with Crippen molar-refractivity contribution in [2.45, 2.75) is 62.4 Å². The number of halogens is 2. The van der Waals surface area contributed by atoms with E-state index < -0.39 is 11.6 Å². The number of aromatic nitrogens is 7. The fourth-order valence-electron chi connectivity index (χ4n) is 7.11. The van der Waals surface area contributed by atoms with Crippen molar-refractivity contribution in [2.24, 2.45) is 0 Å². The number of carbonyl (C=O) groups is 1. The monoisotopic (exact) mass is 597 g/mol. The van der Waals surface area contributed by atoms with E-state index in [2.05, 4.69) is 25.3 Å². The van der Waals surface area contributed by atoms with Crippen molar-refractivity contribution in [3.05, 3.63) is 71.7 Å². The van der Waals surface area contributed by atoms with Crippen molar-refractivity contribution in [3.63, 3.8) is 0 Å². The lowest BCUT2D eigenvalue weighted by Crippen LogP contribution is -2.46. The number of aromatic amines is 1. The highest BCUT2D eigenvalue weighted by Crippen LogP contribution is 2.50.